The maximum atomic E-state index is 14.6. The van der Waals surface area contributed by atoms with Crippen molar-refractivity contribution in [2.24, 2.45) is 17.6 Å². The highest BCUT2D eigenvalue weighted by atomic mass is 35.5. The van der Waals surface area contributed by atoms with Crippen LogP contribution in [0.1, 0.15) is 19.8 Å². The first kappa shape index (κ1) is 16.6. The predicted molar refractivity (Wildman–Crippen MR) is 96.1 cm³/mol. The van der Waals surface area contributed by atoms with Gasteiger partial charge in [0.15, 0.2) is 0 Å². The fourth-order valence-corrected chi connectivity index (χ4v) is 4.20. The lowest BCUT2D eigenvalue weighted by atomic mass is 10.1. The quantitative estimate of drug-likeness (QED) is 0.835. The summed E-state index contributed by atoms with van der Waals surface area (Å²) in [6, 6.07) is 3.16. The summed E-state index contributed by atoms with van der Waals surface area (Å²) in [4.78, 5) is 28.8. The minimum absolute atomic E-state index is 0. The second-order valence-corrected chi connectivity index (χ2v) is 7.72. The molecule has 2 atom stereocenters. The van der Waals surface area contributed by atoms with Gasteiger partial charge in [0.25, 0.3) is 5.56 Å². The molecular weight excluding hydrogens is 347 g/mol. The highest BCUT2D eigenvalue weighted by Crippen LogP contribution is 2.47. The number of fused-ring (bicyclic) bond motifs is 2. The summed E-state index contributed by atoms with van der Waals surface area (Å²) in [7, 11) is 0. The molecule has 2 aromatic rings. The van der Waals surface area contributed by atoms with Crippen LogP contribution >= 0.6 is 12.4 Å². The molecule has 1 aromatic carbocycles. The van der Waals surface area contributed by atoms with Crippen LogP contribution in [-0.2, 0) is 5.54 Å². The van der Waals surface area contributed by atoms with Crippen molar-refractivity contribution in [1.29, 1.82) is 0 Å². The van der Waals surface area contributed by atoms with E-state index in [2.05, 4.69) is 4.98 Å². The van der Waals surface area contributed by atoms with E-state index in [9.17, 15) is 14.0 Å². The third-order valence-corrected chi connectivity index (χ3v) is 6.09. The number of piperidine rings is 1. The lowest BCUT2D eigenvalue weighted by molar-refractivity contribution is 0.520. The third kappa shape index (κ3) is 2.25. The predicted octanol–water partition coefficient (Wildman–Crippen LogP) is 1.15. The molecule has 0 amide bonds. The zero-order chi connectivity index (χ0) is 16.8. The van der Waals surface area contributed by atoms with Crippen molar-refractivity contribution in [2.45, 2.75) is 31.3 Å². The van der Waals surface area contributed by atoms with Gasteiger partial charge in [-0.25, -0.2) is 9.18 Å². The van der Waals surface area contributed by atoms with Crippen molar-refractivity contribution in [3.63, 3.8) is 0 Å². The fourth-order valence-electron chi connectivity index (χ4n) is 4.20. The number of aromatic amines is 1. The number of benzene rings is 1. The summed E-state index contributed by atoms with van der Waals surface area (Å²) >= 11 is 0. The molecule has 134 valence electrons. The van der Waals surface area contributed by atoms with E-state index in [1.165, 1.54) is 6.07 Å². The number of nitrogens with one attached hydrogen (secondary N) is 1. The second kappa shape index (κ2) is 5.08. The molecular formula is C17H20ClFN4O2. The monoisotopic (exact) mass is 366 g/mol. The maximum absolute atomic E-state index is 14.6. The smallest absolute Gasteiger partial charge is 0.329 e. The van der Waals surface area contributed by atoms with Gasteiger partial charge in [0.05, 0.1) is 16.6 Å². The number of anilines is 1. The van der Waals surface area contributed by atoms with Gasteiger partial charge in [-0.1, -0.05) is 0 Å². The van der Waals surface area contributed by atoms with Crippen LogP contribution in [0.5, 0.6) is 0 Å². The summed E-state index contributed by atoms with van der Waals surface area (Å²) in [6.45, 7) is 3.46. The zero-order valence-corrected chi connectivity index (χ0v) is 14.6. The molecule has 0 bridgehead atoms. The van der Waals surface area contributed by atoms with Crippen molar-refractivity contribution in [1.82, 2.24) is 9.55 Å². The average molecular weight is 367 g/mol. The van der Waals surface area contributed by atoms with Crippen LogP contribution in [0.25, 0.3) is 10.9 Å². The van der Waals surface area contributed by atoms with E-state index >= 15 is 0 Å². The Hall–Kier alpha value is -1.86. The number of hydrogen-bond acceptors (Lipinski definition) is 4. The van der Waals surface area contributed by atoms with Crippen molar-refractivity contribution in [2.75, 3.05) is 18.0 Å². The number of rotatable bonds is 2. The topological polar surface area (TPSA) is 84.1 Å². The second-order valence-electron chi connectivity index (χ2n) is 7.72. The van der Waals surface area contributed by atoms with Crippen LogP contribution < -0.4 is 21.9 Å². The lowest BCUT2D eigenvalue weighted by Crippen LogP contribution is -2.36. The summed E-state index contributed by atoms with van der Waals surface area (Å²) in [5, 5.41) is 0.227. The first-order chi connectivity index (χ1) is 11.4. The molecule has 2 heterocycles. The number of H-pyrrole nitrogens is 1. The molecule has 1 aromatic heterocycles. The van der Waals surface area contributed by atoms with E-state index in [-0.39, 0.29) is 29.4 Å². The van der Waals surface area contributed by atoms with Crippen LogP contribution in [0.4, 0.5) is 10.1 Å². The number of aromatic nitrogens is 2. The van der Waals surface area contributed by atoms with E-state index in [0.717, 1.165) is 25.9 Å². The van der Waals surface area contributed by atoms with Crippen molar-refractivity contribution >= 4 is 29.0 Å². The van der Waals surface area contributed by atoms with Crippen LogP contribution in [0.15, 0.2) is 21.7 Å². The van der Waals surface area contributed by atoms with Crippen LogP contribution in [0, 0.1) is 17.7 Å². The molecule has 8 heteroatoms. The number of halogens is 2. The number of nitrogens with two attached hydrogens (primary N) is 1. The molecule has 0 radical (unpaired) electrons. The molecule has 3 N–H and O–H groups in total. The molecule has 3 fully saturated rings. The van der Waals surface area contributed by atoms with Gasteiger partial charge in [-0.15, -0.1) is 12.4 Å². The van der Waals surface area contributed by atoms with Crippen LogP contribution in [0.3, 0.4) is 0 Å². The van der Waals surface area contributed by atoms with E-state index in [1.807, 2.05) is 11.8 Å². The number of hydrogen-bond donors (Lipinski definition) is 2. The van der Waals surface area contributed by atoms with Gasteiger partial charge in [-0.05, 0) is 43.7 Å². The van der Waals surface area contributed by atoms with Crippen LogP contribution in [-0.4, -0.2) is 28.7 Å². The summed E-state index contributed by atoms with van der Waals surface area (Å²) in [6.07, 6.45) is 1.76. The molecule has 1 saturated heterocycles. The van der Waals surface area contributed by atoms with E-state index in [1.54, 1.807) is 10.6 Å². The highest BCUT2D eigenvalue weighted by molar-refractivity contribution is 5.85. The number of nitrogens with zero attached hydrogens (tertiary/aromatic N) is 2. The highest BCUT2D eigenvalue weighted by Gasteiger charge is 2.54. The minimum Gasteiger partial charge on any atom is -0.368 e. The van der Waals surface area contributed by atoms with Gasteiger partial charge < -0.3 is 10.6 Å². The third-order valence-electron chi connectivity index (χ3n) is 6.09. The average Bonchev–Trinajstić information content (AvgIpc) is 3.33. The lowest BCUT2D eigenvalue weighted by Gasteiger charge is -2.24. The maximum Gasteiger partial charge on any atom is 0.329 e. The van der Waals surface area contributed by atoms with Crippen molar-refractivity contribution in [3.8, 4) is 0 Å². The Morgan fingerprint density at radius 3 is 2.48 bits per heavy atom. The molecule has 5 rings (SSSR count). The SMILES string of the molecule is CC1(n2c(=O)[nH]c(=O)c3cc(F)c(N4CC5C(N)C5C4)cc32)CC1.Cl. The molecule has 25 heavy (non-hydrogen) atoms. The summed E-state index contributed by atoms with van der Waals surface area (Å²) in [5.74, 6) is 0.443. The van der Waals surface area contributed by atoms with E-state index < -0.39 is 17.1 Å². The van der Waals surface area contributed by atoms with Crippen LogP contribution in [0.2, 0.25) is 0 Å². The van der Waals surface area contributed by atoms with E-state index in [0.29, 0.717) is 23.0 Å². The largest absolute Gasteiger partial charge is 0.368 e. The Labute approximate surface area is 149 Å². The Bertz CT molecular complexity index is 985. The Morgan fingerprint density at radius 1 is 1.24 bits per heavy atom. The van der Waals surface area contributed by atoms with Gasteiger partial charge in [-0.3, -0.25) is 14.3 Å². The zero-order valence-electron chi connectivity index (χ0n) is 13.8. The molecule has 1 aliphatic heterocycles. The molecule has 6 nitrogen and oxygen atoms in total. The van der Waals surface area contributed by atoms with Crippen molar-refractivity contribution < 1.29 is 4.39 Å². The summed E-state index contributed by atoms with van der Waals surface area (Å²) in [5.41, 5.74) is 5.70. The molecule has 2 saturated carbocycles. The van der Waals surface area contributed by atoms with Gasteiger partial charge >= 0.3 is 5.69 Å². The standard InChI is InChI=1S/C17H19FN4O2.ClH/c1-17(2-3-17)22-12-5-13(21-6-9-10(7-21)14(9)19)11(18)4-8(12)15(23)20-16(22)24;/h4-5,9-10,14H,2-3,6-7,19H2,1H3,(H,20,23,24);1H. The molecule has 3 aliphatic rings. The summed E-state index contributed by atoms with van der Waals surface area (Å²) < 4.78 is 16.2. The molecule has 0 spiro atoms. The van der Waals surface area contributed by atoms with Gasteiger partial charge in [-0.2, -0.15) is 0 Å². The van der Waals surface area contributed by atoms with Gasteiger partial charge in [0, 0.05) is 24.7 Å². The Kier molecular flexibility index (Phi) is 3.37. The normalized spacial score (nSPS) is 28.6. The van der Waals surface area contributed by atoms with Gasteiger partial charge in [0.2, 0.25) is 0 Å². The fraction of sp³-hybridized carbons (Fsp3) is 0.529. The van der Waals surface area contributed by atoms with E-state index in [4.69, 9.17) is 5.73 Å². The first-order valence-corrected chi connectivity index (χ1v) is 8.39. The first-order valence-electron chi connectivity index (χ1n) is 8.39. The molecule has 2 unspecified atom stereocenters. The minimum atomic E-state index is -0.535. The molecule has 2 aliphatic carbocycles. The van der Waals surface area contributed by atoms with Gasteiger partial charge in [0.1, 0.15) is 5.82 Å². The Balaban J connectivity index is 0.00000157. The Morgan fingerprint density at radius 2 is 1.88 bits per heavy atom. The van der Waals surface area contributed by atoms with Crippen molar-refractivity contribution in [3.05, 3.63) is 38.8 Å².